The standard InChI is InChI=1S/C32H68O11Si/c1-7-8-9-10-11-33-12-13-34-14-15-35-16-17-36-18-19-37-20-21-38-22-23-39-24-25-40-26-27-41-28-29-42-30-31-43-44(5,6)32(2,3)4/h7-31H2,1-6H3. The van der Waals surface area contributed by atoms with Crippen molar-refractivity contribution in [3.05, 3.63) is 0 Å². The topological polar surface area (TPSA) is 102 Å². The Balaban J connectivity index is 3.12. The van der Waals surface area contributed by atoms with Crippen LogP contribution in [0.5, 0.6) is 0 Å². The molecule has 0 heterocycles. The average molecular weight is 657 g/mol. The molecule has 0 spiro atoms. The van der Waals surface area contributed by atoms with Crippen LogP contribution in [0.4, 0.5) is 0 Å². The second-order valence-corrected chi connectivity index (χ2v) is 16.6. The third-order valence-electron chi connectivity index (χ3n) is 6.99. The molecule has 0 N–H and O–H groups in total. The molecule has 44 heavy (non-hydrogen) atoms. The molecule has 11 nitrogen and oxygen atoms in total. The van der Waals surface area contributed by atoms with Crippen LogP contribution in [0.25, 0.3) is 0 Å². The molecule has 0 amide bonds. The Bertz CT molecular complexity index is 565. The van der Waals surface area contributed by atoms with Crippen LogP contribution in [0.3, 0.4) is 0 Å². The predicted octanol–water partition coefficient (Wildman–Crippen LogP) is 4.75. The van der Waals surface area contributed by atoms with E-state index in [0.717, 1.165) is 13.0 Å². The molecule has 0 saturated heterocycles. The molecular weight excluding hydrogens is 588 g/mol. The fourth-order valence-corrected chi connectivity index (χ4v) is 4.31. The van der Waals surface area contributed by atoms with E-state index >= 15 is 0 Å². The lowest BCUT2D eigenvalue weighted by molar-refractivity contribution is -0.0267. The first-order chi connectivity index (χ1) is 21.3. The first-order valence-electron chi connectivity index (χ1n) is 16.7. The van der Waals surface area contributed by atoms with Crippen LogP contribution < -0.4 is 0 Å². The lowest BCUT2D eigenvalue weighted by Gasteiger charge is -2.36. The van der Waals surface area contributed by atoms with Crippen molar-refractivity contribution < 1.29 is 51.8 Å². The molecule has 0 aromatic carbocycles. The van der Waals surface area contributed by atoms with E-state index < -0.39 is 8.32 Å². The van der Waals surface area contributed by atoms with Gasteiger partial charge in [0, 0.05) is 6.61 Å². The van der Waals surface area contributed by atoms with Gasteiger partial charge in [-0.3, -0.25) is 0 Å². The van der Waals surface area contributed by atoms with Crippen molar-refractivity contribution in [3.8, 4) is 0 Å². The number of hydrogen-bond acceptors (Lipinski definition) is 11. The predicted molar refractivity (Wildman–Crippen MR) is 175 cm³/mol. The van der Waals surface area contributed by atoms with Gasteiger partial charge in [-0.05, 0) is 24.6 Å². The summed E-state index contributed by atoms with van der Waals surface area (Å²) in [5, 5.41) is 0.221. The van der Waals surface area contributed by atoms with E-state index in [-0.39, 0.29) is 5.04 Å². The molecule has 0 aliphatic rings. The molecule has 0 saturated carbocycles. The van der Waals surface area contributed by atoms with Crippen LogP contribution >= 0.6 is 0 Å². The van der Waals surface area contributed by atoms with Crippen molar-refractivity contribution in [2.24, 2.45) is 0 Å². The second-order valence-electron chi connectivity index (χ2n) is 11.8. The van der Waals surface area contributed by atoms with E-state index in [2.05, 4.69) is 40.8 Å². The largest absolute Gasteiger partial charge is 0.414 e. The molecule has 0 unspecified atom stereocenters. The molecule has 0 fully saturated rings. The molecule has 0 radical (unpaired) electrons. The zero-order valence-corrected chi connectivity index (χ0v) is 30.2. The van der Waals surface area contributed by atoms with Crippen LogP contribution in [-0.4, -0.2) is 147 Å². The van der Waals surface area contributed by atoms with Gasteiger partial charge in [0.2, 0.25) is 0 Å². The number of unbranched alkanes of at least 4 members (excludes halogenated alkanes) is 3. The summed E-state index contributed by atoms with van der Waals surface area (Å²) < 4.78 is 61.2. The summed E-state index contributed by atoms with van der Waals surface area (Å²) in [6, 6.07) is 0. The molecule has 0 atom stereocenters. The Kier molecular flexibility index (Phi) is 32.5. The van der Waals surface area contributed by atoms with Gasteiger partial charge < -0.3 is 51.8 Å². The summed E-state index contributed by atoms with van der Waals surface area (Å²) in [6.07, 6.45) is 4.91. The number of ether oxygens (including phenoxy) is 10. The third-order valence-corrected chi connectivity index (χ3v) is 11.5. The summed E-state index contributed by atoms with van der Waals surface area (Å²) in [4.78, 5) is 0. The van der Waals surface area contributed by atoms with Gasteiger partial charge in [-0.25, -0.2) is 0 Å². The minimum absolute atomic E-state index is 0.221. The number of hydrogen-bond donors (Lipinski definition) is 0. The quantitative estimate of drug-likeness (QED) is 0.0690. The minimum Gasteiger partial charge on any atom is -0.414 e. The highest BCUT2D eigenvalue weighted by atomic mass is 28.4. The van der Waals surface area contributed by atoms with Crippen LogP contribution in [0.15, 0.2) is 0 Å². The van der Waals surface area contributed by atoms with Gasteiger partial charge in [0.1, 0.15) is 0 Å². The van der Waals surface area contributed by atoms with Crippen LogP contribution in [-0.2, 0) is 51.8 Å². The van der Waals surface area contributed by atoms with E-state index in [1.165, 1.54) is 19.3 Å². The van der Waals surface area contributed by atoms with Crippen molar-refractivity contribution in [2.75, 3.05) is 139 Å². The molecule has 0 aliphatic carbocycles. The molecule has 0 rings (SSSR count). The van der Waals surface area contributed by atoms with Gasteiger partial charge in [-0.1, -0.05) is 47.0 Å². The van der Waals surface area contributed by atoms with Gasteiger partial charge in [0.05, 0.1) is 132 Å². The highest BCUT2D eigenvalue weighted by Gasteiger charge is 2.36. The summed E-state index contributed by atoms with van der Waals surface area (Å²) in [6.45, 7) is 25.4. The Morgan fingerprint density at radius 3 is 0.841 bits per heavy atom. The Labute approximate surface area is 270 Å². The van der Waals surface area contributed by atoms with Crippen molar-refractivity contribution >= 4 is 8.32 Å². The van der Waals surface area contributed by atoms with E-state index in [1.807, 2.05) is 0 Å². The Morgan fingerprint density at radius 1 is 0.341 bits per heavy atom. The SMILES string of the molecule is CCCCCCOCCOCCOCCOCCOCCOCCOCCOCCOCCOCCO[Si](C)(C)C(C)(C)C. The van der Waals surface area contributed by atoms with Crippen LogP contribution in [0, 0.1) is 0 Å². The fourth-order valence-electron chi connectivity index (χ4n) is 3.28. The molecule has 0 aliphatic heterocycles. The van der Waals surface area contributed by atoms with Gasteiger partial charge in [-0.2, -0.15) is 0 Å². The smallest absolute Gasteiger partial charge is 0.192 e. The van der Waals surface area contributed by atoms with Gasteiger partial charge in [0.15, 0.2) is 8.32 Å². The lowest BCUT2D eigenvalue weighted by Crippen LogP contribution is -2.41. The summed E-state index contributed by atoms with van der Waals surface area (Å²) in [5.41, 5.74) is 0. The van der Waals surface area contributed by atoms with Crippen LogP contribution in [0.2, 0.25) is 18.1 Å². The zero-order valence-electron chi connectivity index (χ0n) is 29.2. The van der Waals surface area contributed by atoms with E-state index in [4.69, 9.17) is 51.8 Å². The number of rotatable bonds is 36. The third kappa shape index (κ3) is 31.7. The molecule has 266 valence electrons. The van der Waals surface area contributed by atoms with Crippen molar-refractivity contribution in [2.45, 2.75) is 71.5 Å². The van der Waals surface area contributed by atoms with Gasteiger partial charge in [0.25, 0.3) is 0 Å². The summed E-state index contributed by atoms with van der Waals surface area (Å²) in [7, 11) is -1.69. The normalized spacial score (nSPS) is 12.4. The van der Waals surface area contributed by atoms with E-state index in [1.54, 1.807) is 0 Å². The van der Waals surface area contributed by atoms with Crippen molar-refractivity contribution in [1.82, 2.24) is 0 Å². The van der Waals surface area contributed by atoms with E-state index in [0.29, 0.717) is 132 Å². The van der Waals surface area contributed by atoms with Gasteiger partial charge >= 0.3 is 0 Å². The van der Waals surface area contributed by atoms with Crippen LogP contribution in [0.1, 0.15) is 53.4 Å². The first-order valence-corrected chi connectivity index (χ1v) is 19.6. The summed E-state index contributed by atoms with van der Waals surface area (Å²) in [5.74, 6) is 0. The maximum Gasteiger partial charge on any atom is 0.192 e. The maximum atomic E-state index is 6.08. The lowest BCUT2D eigenvalue weighted by atomic mass is 10.2. The van der Waals surface area contributed by atoms with Crippen molar-refractivity contribution in [3.63, 3.8) is 0 Å². The highest BCUT2D eigenvalue weighted by molar-refractivity contribution is 6.74. The molecule has 12 heteroatoms. The molecule has 0 bridgehead atoms. The molecule has 0 aromatic rings. The van der Waals surface area contributed by atoms with Gasteiger partial charge in [-0.15, -0.1) is 0 Å². The first kappa shape index (κ1) is 43.8. The highest BCUT2D eigenvalue weighted by Crippen LogP contribution is 2.36. The second kappa shape index (κ2) is 32.7. The zero-order chi connectivity index (χ0) is 32.5. The minimum atomic E-state index is -1.69. The molecular formula is C32H68O11Si. The summed E-state index contributed by atoms with van der Waals surface area (Å²) >= 11 is 0. The van der Waals surface area contributed by atoms with Crippen molar-refractivity contribution in [1.29, 1.82) is 0 Å². The van der Waals surface area contributed by atoms with E-state index in [9.17, 15) is 0 Å². The Hall–Kier alpha value is -0.223. The maximum absolute atomic E-state index is 6.08. The fraction of sp³-hybridized carbons (Fsp3) is 1.00. The average Bonchev–Trinajstić information content (AvgIpc) is 2.98. The Morgan fingerprint density at radius 2 is 0.591 bits per heavy atom. The monoisotopic (exact) mass is 656 g/mol. The molecule has 0 aromatic heterocycles.